The van der Waals surface area contributed by atoms with Gasteiger partial charge in [-0.05, 0) is 80.0 Å². The first-order chi connectivity index (χ1) is 11.7. The molecule has 4 saturated carbocycles. The minimum absolute atomic E-state index is 0.115. The molecule has 3 nitrogen and oxygen atoms in total. The number of amides is 1. The molecule has 2 aromatic rings. The van der Waals surface area contributed by atoms with Gasteiger partial charge in [-0.25, -0.2) is 0 Å². The molecule has 0 unspecified atom stereocenters. The van der Waals surface area contributed by atoms with Crippen LogP contribution in [-0.4, -0.2) is 16.4 Å². The van der Waals surface area contributed by atoms with Gasteiger partial charge in [0.15, 0.2) is 0 Å². The average molecular weight is 320 g/mol. The van der Waals surface area contributed by atoms with E-state index in [1.165, 1.54) is 38.5 Å². The van der Waals surface area contributed by atoms with Crippen LogP contribution >= 0.6 is 0 Å². The Morgan fingerprint density at radius 1 is 1.08 bits per heavy atom. The zero-order valence-corrected chi connectivity index (χ0v) is 14.0. The number of carbonyl (C=O) groups is 1. The van der Waals surface area contributed by atoms with E-state index in [4.69, 9.17) is 0 Å². The monoisotopic (exact) mass is 320 g/mol. The summed E-state index contributed by atoms with van der Waals surface area (Å²) in [6, 6.07) is 10.2. The summed E-state index contributed by atoms with van der Waals surface area (Å²) in [6.45, 7) is 0. The number of carbonyl (C=O) groups excluding carboxylic acids is 1. The van der Waals surface area contributed by atoms with Gasteiger partial charge in [0.2, 0.25) is 5.91 Å². The van der Waals surface area contributed by atoms with E-state index in [1.807, 2.05) is 24.4 Å². The largest absolute Gasteiger partial charge is 0.350 e. The van der Waals surface area contributed by atoms with Crippen LogP contribution in [0.4, 0.5) is 0 Å². The van der Waals surface area contributed by atoms with E-state index in [0.717, 1.165) is 34.2 Å². The molecule has 124 valence electrons. The molecule has 4 aliphatic rings. The molecule has 0 spiro atoms. The van der Waals surface area contributed by atoms with Crippen LogP contribution in [0.3, 0.4) is 0 Å². The van der Waals surface area contributed by atoms with Crippen molar-refractivity contribution in [1.82, 2.24) is 10.3 Å². The number of fused-ring (bicyclic) bond motifs is 1. The van der Waals surface area contributed by atoms with E-state index < -0.39 is 0 Å². The lowest BCUT2D eigenvalue weighted by Gasteiger charge is -2.56. The van der Waals surface area contributed by atoms with Crippen LogP contribution in [-0.2, 0) is 11.2 Å². The molecule has 4 fully saturated rings. The lowest BCUT2D eigenvalue weighted by Crippen LogP contribution is -2.60. The van der Waals surface area contributed by atoms with Crippen molar-refractivity contribution < 1.29 is 4.79 Å². The Kier molecular flexibility index (Phi) is 3.19. The Morgan fingerprint density at radius 2 is 1.79 bits per heavy atom. The normalized spacial score (nSPS) is 33.8. The molecule has 0 saturated heterocycles. The van der Waals surface area contributed by atoms with E-state index in [9.17, 15) is 4.79 Å². The molecule has 1 aromatic carbocycles. The summed E-state index contributed by atoms with van der Waals surface area (Å²) < 4.78 is 0. The highest BCUT2D eigenvalue weighted by Gasteiger charge is 2.51. The number of benzene rings is 1. The molecule has 1 heterocycles. The van der Waals surface area contributed by atoms with Crippen molar-refractivity contribution >= 4 is 16.8 Å². The van der Waals surface area contributed by atoms with Gasteiger partial charge in [-0.2, -0.15) is 0 Å². The van der Waals surface area contributed by atoms with Crippen molar-refractivity contribution in [3.63, 3.8) is 0 Å². The number of nitrogens with one attached hydrogen (secondary N) is 1. The van der Waals surface area contributed by atoms with Gasteiger partial charge < -0.3 is 5.32 Å². The van der Waals surface area contributed by atoms with Crippen molar-refractivity contribution in [2.45, 2.75) is 50.5 Å². The van der Waals surface area contributed by atoms with E-state index in [1.54, 1.807) is 0 Å². The van der Waals surface area contributed by atoms with Crippen LogP contribution in [0.25, 0.3) is 10.9 Å². The summed E-state index contributed by atoms with van der Waals surface area (Å²) >= 11 is 0. The molecule has 1 N–H and O–H groups in total. The Bertz CT molecular complexity index is 762. The first kappa shape index (κ1) is 14.4. The van der Waals surface area contributed by atoms with Crippen molar-refractivity contribution in [3.8, 4) is 0 Å². The van der Waals surface area contributed by atoms with Crippen LogP contribution in [0.1, 0.15) is 44.1 Å². The molecular weight excluding hydrogens is 296 g/mol. The summed E-state index contributed by atoms with van der Waals surface area (Å²) in [5.74, 6) is 2.79. The van der Waals surface area contributed by atoms with Gasteiger partial charge in [-0.3, -0.25) is 9.78 Å². The number of nitrogens with zero attached hydrogens (tertiary/aromatic N) is 1. The second-order valence-electron chi connectivity index (χ2n) is 8.45. The predicted octanol–water partition coefficient (Wildman–Crippen LogP) is 3.86. The molecule has 0 atom stereocenters. The lowest BCUT2D eigenvalue weighted by atomic mass is 9.53. The molecule has 3 heteroatoms. The lowest BCUT2D eigenvalue weighted by molar-refractivity contribution is -0.126. The number of rotatable bonds is 3. The number of hydrogen-bond donors (Lipinski definition) is 1. The fourth-order valence-electron chi connectivity index (χ4n) is 6.02. The van der Waals surface area contributed by atoms with Crippen molar-refractivity contribution in [1.29, 1.82) is 0 Å². The maximum absolute atomic E-state index is 12.7. The highest BCUT2D eigenvalue weighted by atomic mass is 16.1. The summed E-state index contributed by atoms with van der Waals surface area (Å²) in [5, 5.41) is 4.58. The third-order valence-electron chi connectivity index (χ3n) is 6.47. The number of hydrogen-bond acceptors (Lipinski definition) is 2. The number of pyridine rings is 1. The van der Waals surface area contributed by atoms with Crippen LogP contribution < -0.4 is 5.32 Å². The minimum Gasteiger partial charge on any atom is -0.350 e. The Labute approximate surface area is 142 Å². The summed E-state index contributed by atoms with van der Waals surface area (Å²) in [6.07, 6.45) is 10.2. The van der Waals surface area contributed by atoms with Gasteiger partial charge in [-0.1, -0.05) is 12.1 Å². The summed E-state index contributed by atoms with van der Waals surface area (Å²) in [4.78, 5) is 17.1. The maximum Gasteiger partial charge on any atom is 0.224 e. The Balaban J connectivity index is 1.32. The van der Waals surface area contributed by atoms with E-state index in [0.29, 0.717) is 6.42 Å². The molecule has 4 aliphatic carbocycles. The fourth-order valence-corrected chi connectivity index (χ4v) is 6.02. The van der Waals surface area contributed by atoms with Crippen LogP contribution in [0.2, 0.25) is 0 Å². The molecule has 0 aliphatic heterocycles. The third-order valence-corrected chi connectivity index (χ3v) is 6.47. The zero-order chi connectivity index (χ0) is 16.1. The third kappa shape index (κ3) is 2.51. The van der Waals surface area contributed by atoms with Crippen LogP contribution in [0, 0.1) is 17.8 Å². The van der Waals surface area contributed by atoms with Gasteiger partial charge >= 0.3 is 0 Å². The van der Waals surface area contributed by atoms with Gasteiger partial charge in [0.1, 0.15) is 0 Å². The average Bonchev–Trinajstić information content (AvgIpc) is 2.52. The standard InChI is InChI=1S/C21H24N2O/c24-20(10-14-3-4-19-18(9-14)2-1-5-22-19)23-21-11-15-6-16(12-21)8-17(7-15)13-21/h1-5,9,15-17H,6-8,10-13H2,(H,23,24). The molecule has 1 amide bonds. The fraction of sp³-hybridized carbons (Fsp3) is 0.524. The van der Waals surface area contributed by atoms with Crippen molar-refractivity contribution in [2.75, 3.05) is 0 Å². The first-order valence-corrected chi connectivity index (χ1v) is 9.32. The highest BCUT2D eigenvalue weighted by molar-refractivity contribution is 5.83. The Morgan fingerprint density at radius 3 is 2.50 bits per heavy atom. The highest BCUT2D eigenvalue weighted by Crippen LogP contribution is 2.55. The molecule has 4 bridgehead atoms. The van der Waals surface area contributed by atoms with Crippen LogP contribution in [0.15, 0.2) is 36.5 Å². The van der Waals surface area contributed by atoms with E-state index in [-0.39, 0.29) is 11.4 Å². The second kappa shape index (κ2) is 5.30. The van der Waals surface area contributed by atoms with Gasteiger partial charge in [0.25, 0.3) is 0 Å². The molecule has 1 aromatic heterocycles. The van der Waals surface area contributed by atoms with E-state index in [2.05, 4.69) is 22.4 Å². The van der Waals surface area contributed by atoms with E-state index >= 15 is 0 Å². The van der Waals surface area contributed by atoms with Crippen LogP contribution in [0.5, 0.6) is 0 Å². The zero-order valence-electron chi connectivity index (χ0n) is 14.0. The Hall–Kier alpha value is -1.90. The van der Waals surface area contributed by atoms with Crippen molar-refractivity contribution in [3.05, 3.63) is 42.1 Å². The minimum atomic E-state index is 0.115. The summed E-state index contributed by atoms with van der Waals surface area (Å²) in [7, 11) is 0. The SMILES string of the molecule is O=C(Cc1ccc2ncccc2c1)NC12CC3CC(CC(C3)C1)C2. The second-order valence-corrected chi connectivity index (χ2v) is 8.45. The topological polar surface area (TPSA) is 42.0 Å². The maximum atomic E-state index is 12.7. The van der Waals surface area contributed by atoms with Gasteiger partial charge in [0.05, 0.1) is 11.9 Å². The summed E-state index contributed by atoms with van der Waals surface area (Å²) in [5.41, 5.74) is 2.19. The first-order valence-electron chi connectivity index (χ1n) is 9.32. The number of aromatic nitrogens is 1. The quantitative estimate of drug-likeness (QED) is 0.933. The molecular formula is C21H24N2O. The van der Waals surface area contributed by atoms with Crippen molar-refractivity contribution in [2.24, 2.45) is 17.8 Å². The predicted molar refractivity (Wildman–Crippen MR) is 94.5 cm³/mol. The smallest absolute Gasteiger partial charge is 0.224 e. The molecule has 0 radical (unpaired) electrons. The van der Waals surface area contributed by atoms with Gasteiger partial charge in [0, 0.05) is 17.1 Å². The molecule has 6 rings (SSSR count). The van der Waals surface area contributed by atoms with Gasteiger partial charge in [-0.15, -0.1) is 0 Å². The molecule has 24 heavy (non-hydrogen) atoms.